The number of aromatic nitrogens is 8. The molecule has 408 valence electrons. The molecule has 0 aliphatic carbocycles. The number of hydrogen-bond acceptors (Lipinski definition) is 18. The number of hydrogen-bond donors (Lipinski definition) is 3. The number of rotatable bonds is 11. The number of nitrogens with zero attached hydrogens (tertiary/aromatic N) is 13. The van der Waals surface area contributed by atoms with E-state index in [9.17, 15) is 0 Å². The molecule has 0 saturated carbocycles. The van der Waals surface area contributed by atoms with Gasteiger partial charge < -0.3 is 35.4 Å². The molecule has 10 rings (SSSR count). The van der Waals surface area contributed by atoms with Crippen molar-refractivity contribution in [3.05, 3.63) is 91.8 Å². The van der Waals surface area contributed by atoms with Gasteiger partial charge in [-0.3, -0.25) is 14.7 Å². The highest BCUT2D eigenvalue weighted by Crippen LogP contribution is 2.34. The molecule has 2 atom stereocenters. The van der Waals surface area contributed by atoms with Crippen molar-refractivity contribution in [3.8, 4) is 23.2 Å². The summed E-state index contributed by atoms with van der Waals surface area (Å²) in [5.41, 5.74) is 15.4. The molecule has 4 aliphatic rings. The van der Waals surface area contributed by atoms with Gasteiger partial charge in [0.15, 0.2) is 45.0 Å². The number of nitrogen functional groups attached to an aromatic ring is 2. The Morgan fingerprint density at radius 1 is 0.573 bits per heavy atom. The Morgan fingerprint density at radius 3 is 1.40 bits per heavy atom. The highest BCUT2D eigenvalue weighted by atomic mass is 35.5. The lowest BCUT2D eigenvalue weighted by atomic mass is 9.98. The number of nitrogens with two attached hydrogens (primary N) is 2. The zero-order chi connectivity index (χ0) is 51.6. The first-order chi connectivity index (χ1) is 35.3. The van der Waals surface area contributed by atoms with E-state index in [1.807, 2.05) is 36.4 Å². The Bertz CT molecular complexity index is 2700. The highest BCUT2D eigenvalue weighted by Gasteiger charge is 2.36. The van der Waals surface area contributed by atoms with Crippen LogP contribution >= 0.6 is 58.0 Å². The Hall–Kier alpha value is -4.63. The van der Waals surface area contributed by atoms with E-state index in [0.717, 1.165) is 100 Å². The number of piperazine rings is 2. The summed E-state index contributed by atoms with van der Waals surface area (Å²) in [5, 5.41) is 21.2. The van der Waals surface area contributed by atoms with E-state index in [1.54, 1.807) is 13.8 Å². The second kappa shape index (κ2) is 28.1. The third kappa shape index (κ3) is 15.3. The van der Waals surface area contributed by atoms with Crippen molar-refractivity contribution >= 4 is 81.3 Å². The summed E-state index contributed by atoms with van der Waals surface area (Å²) in [6, 6.07) is 17.8. The van der Waals surface area contributed by atoms with Gasteiger partial charge in [-0.1, -0.05) is 99.4 Å². The molecule has 4 aromatic heterocycles. The summed E-state index contributed by atoms with van der Waals surface area (Å²) in [4.78, 5) is 30.3. The summed E-state index contributed by atoms with van der Waals surface area (Å²) in [6.07, 6.45) is 6.91. The van der Waals surface area contributed by atoms with Gasteiger partial charge in [0.1, 0.15) is 0 Å². The molecular weight excluding hydrogens is 1060 g/mol. The molecule has 75 heavy (non-hydrogen) atoms. The number of aryl methyl sites for hydroxylation is 2. The molecule has 2 aromatic carbocycles. The largest absolute Gasteiger partial charge is 0.420 e. The maximum Gasteiger partial charge on any atom is 0.270 e. The molecule has 5 N–H and O–H groups in total. The third-order valence-electron chi connectivity index (χ3n) is 14.0. The van der Waals surface area contributed by atoms with Crippen molar-refractivity contribution in [1.82, 2.24) is 60.3 Å². The van der Waals surface area contributed by atoms with Crippen LogP contribution in [-0.2, 0) is 12.4 Å². The average Bonchev–Trinajstić information content (AvgIpc) is 4.06. The summed E-state index contributed by atoms with van der Waals surface area (Å²) in [5.74, 6) is 3.62. The Morgan fingerprint density at radius 2 is 1.00 bits per heavy atom. The van der Waals surface area contributed by atoms with Crippen molar-refractivity contribution < 1.29 is 8.83 Å². The molecule has 18 nitrogen and oxygen atoms in total. The van der Waals surface area contributed by atoms with E-state index in [-0.39, 0.29) is 38.3 Å². The fourth-order valence-electron chi connectivity index (χ4n) is 10.1. The van der Waals surface area contributed by atoms with E-state index in [0.29, 0.717) is 75.2 Å². The van der Waals surface area contributed by atoms with Gasteiger partial charge in [-0.25, -0.2) is 19.9 Å². The summed E-state index contributed by atoms with van der Waals surface area (Å²) in [7, 11) is 0. The molecule has 6 aromatic rings. The first kappa shape index (κ1) is 59.6. The van der Waals surface area contributed by atoms with Crippen LogP contribution in [0.4, 0.5) is 23.3 Å². The lowest BCUT2D eigenvalue weighted by Gasteiger charge is -2.47. The van der Waals surface area contributed by atoms with Crippen molar-refractivity contribution in [3.63, 3.8) is 0 Å². The number of anilines is 4. The van der Waals surface area contributed by atoms with E-state index >= 15 is 0 Å². The molecule has 8 heterocycles. The SMILES string of the molecule is C.C.CC[C@H]1CN(c2nc(N)c(-c3nnc(C)o3)nc2Cl)CCN1C1CCN(Cc2ccc(Cl)cc2)CC1.CC[C@H]1CN(c2nc(N)c(-c3nnc(C)o3)nc2Cl)CCN1C1CCNCC1.ClCc1ccc(Cl)cc1. The van der Waals surface area contributed by atoms with Crippen molar-refractivity contribution in [2.24, 2.45) is 0 Å². The van der Waals surface area contributed by atoms with Gasteiger partial charge in [-0.15, -0.1) is 32.0 Å². The topological polar surface area (TPSA) is 210 Å². The van der Waals surface area contributed by atoms with Crippen molar-refractivity contribution in [2.75, 3.05) is 86.7 Å². The number of benzene rings is 2. The van der Waals surface area contributed by atoms with Gasteiger partial charge in [0.05, 0.1) is 0 Å². The number of alkyl halides is 1. The molecule has 0 bridgehead atoms. The fourth-order valence-corrected chi connectivity index (χ4v) is 11.0. The number of halogens is 5. The van der Waals surface area contributed by atoms with Crippen LogP contribution in [0.25, 0.3) is 23.2 Å². The molecule has 23 heteroatoms. The maximum absolute atomic E-state index is 6.57. The van der Waals surface area contributed by atoms with Gasteiger partial charge in [0.25, 0.3) is 11.8 Å². The minimum absolute atomic E-state index is 0. The quantitative estimate of drug-likeness (QED) is 0.103. The van der Waals surface area contributed by atoms with Gasteiger partial charge in [-0.05, 0) is 100 Å². The lowest BCUT2D eigenvalue weighted by molar-refractivity contribution is 0.0610. The van der Waals surface area contributed by atoms with Crippen LogP contribution in [0.15, 0.2) is 57.4 Å². The summed E-state index contributed by atoms with van der Waals surface area (Å²) >= 11 is 30.3. The van der Waals surface area contributed by atoms with Crippen LogP contribution in [0.3, 0.4) is 0 Å². The molecule has 0 amide bonds. The first-order valence-corrected chi connectivity index (χ1v) is 27.1. The number of nitrogens with one attached hydrogen (secondary N) is 1. The minimum atomic E-state index is 0. The molecule has 4 aliphatic heterocycles. The molecule has 0 spiro atoms. The fraction of sp³-hybridized carbons (Fsp3) is 0.538. The van der Waals surface area contributed by atoms with E-state index in [1.165, 1.54) is 31.2 Å². The summed E-state index contributed by atoms with van der Waals surface area (Å²) < 4.78 is 10.9. The zero-order valence-corrected chi connectivity index (χ0v) is 45.6. The highest BCUT2D eigenvalue weighted by molar-refractivity contribution is 6.32. The molecular formula is C52H73Cl5N16O2. The minimum Gasteiger partial charge on any atom is -0.420 e. The zero-order valence-electron chi connectivity index (χ0n) is 41.8. The Balaban J connectivity index is 0.000000208. The smallest absolute Gasteiger partial charge is 0.270 e. The van der Waals surface area contributed by atoms with Crippen LogP contribution < -0.4 is 26.6 Å². The van der Waals surface area contributed by atoms with Crippen molar-refractivity contribution in [2.45, 2.75) is 118 Å². The van der Waals surface area contributed by atoms with Gasteiger partial charge in [0.2, 0.25) is 11.8 Å². The number of piperidine rings is 2. The first-order valence-electron chi connectivity index (χ1n) is 25.1. The predicted molar refractivity (Wildman–Crippen MR) is 305 cm³/mol. The molecule has 4 fully saturated rings. The Kier molecular flexibility index (Phi) is 22.4. The van der Waals surface area contributed by atoms with Crippen LogP contribution in [0, 0.1) is 13.8 Å². The summed E-state index contributed by atoms with van der Waals surface area (Å²) in [6.45, 7) is 18.7. The van der Waals surface area contributed by atoms with Crippen molar-refractivity contribution in [1.29, 1.82) is 0 Å². The maximum atomic E-state index is 6.57. The van der Waals surface area contributed by atoms with E-state index < -0.39 is 0 Å². The Labute approximate surface area is 467 Å². The second-order valence-electron chi connectivity index (χ2n) is 18.8. The van der Waals surface area contributed by atoms with E-state index in [4.69, 9.17) is 78.3 Å². The molecule has 0 unspecified atom stereocenters. The van der Waals surface area contributed by atoms with Crippen LogP contribution in [0.5, 0.6) is 0 Å². The normalized spacial score (nSPS) is 19.1. The standard InChI is InChI=1S/C25H32Cl2N8O.C18H27ClN8O.C7H6Cl2.2CH4/c1-3-19-15-34(24-22(27)29-21(23(28)30-24)25-32-31-16(2)36-25)12-13-35(19)20-8-10-33(11-9-20)14-17-4-6-18(26)7-5-17;1-3-12-10-26(8-9-27(12)13-4-6-21-7-5-13)17-15(19)22-14(16(20)23-17)18-25-24-11(2)28-18;8-5-6-1-3-7(9)4-2-6;;/h4-7,19-20H,3,8-15H2,1-2H3,(H2,28,30);12-13,21H,3-10H2,1-2H3,(H2,20,23);1-4H,5H2;2*1H4/t19-;12-;;;/m00.../s1. The monoisotopic (exact) mass is 1130 g/mol. The van der Waals surface area contributed by atoms with Gasteiger partial charge >= 0.3 is 0 Å². The third-order valence-corrected chi connectivity index (χ3v) is 15.3. The average molecular weight is 1130 g/mol. The lowest BCUT2D eigenvalue weighted by Crippen LogP contribution is -2.58. The van der Waals surface area contributed by atoms with Crippen LogP contribution in [0.1, 0.15) is 90.1 Å². The number of likely N-dealkylation sites (tertiary alicyclic amines) is 1. The second-order valence-corrected chi connectivity index (χ2v) is 20.6. The van der Waals surface area contributed by atoms with Gasteiger partial charge in [-0.2, -0.15) is 0 Å². The van der Waals surface area contributed by atoms with Crippen LogP contribution in [0.2, 0.25) is 20.4 Å². The van der Waals surface area contributed by atoms with E-state index in [2.05, 4.69) is 96.1 Å². The van der Waals surface area contributed by atoms with Crippen LogP contribution in [-0.4, -0.2) is 145 Å². The van der Waals surface area contributed by atoms with Gasteiger partial charge in [0, 0.05) is 99.8 Å². The molecule has 0 radical (unpaired) electrons. The predicted octanol–water partition coefficient (Wildman–Crippen LogP) is 10.4. The molecule has 4 saturated heterocycles.